The van der Waals surface area contributed by atoms with Gasteiger partial charge in [0, 0.05) is 31.6 Å². The zero-order valence-electron chi connectivity index (χ0n) is 18.7. The van der Waals surface area contributed by atoms with Crippen LogP contribution in [0.3, 0.4) is 0 Å². The highest BCUT2D eigenvalue weighted by atomic mass is 16.2. The van der Waals surface area contributed by atoms with Gasteiger partial charge in [0.05, 0.1) is 6.54 Å². The Hall–Kier alpha value is -1.63. The maximum absolute atomic E-state index is 13.2. The summed E-state index contributed by atoms with van der Waals surface area (Å²) in [5.74, 6) is 0.527. The van der Waals surface area contributed by atoms with Crippen molar-refractivity contribution in [1.82, 2.24) is 19.6 Å². The van der Waals surface area contributed by atoms with E-state index in [0.717, 1.165) is 58.0 Å². The molecule has 4 fully saturated rings. The molecule has 1 aliphatic carbocycles. The SMILES string of the molecule is CC(C)N1CCC(CC(=O)N2CCCN3C(=O)N(C4CCCCC4)C(=O)C3C2)CC1. The first-order valence-electron chi connectivity index (χ1n) is 12.1. The minimum Gasteiger partial charge on any atom is -0.340 e. The number of imide groups is 1. The number of hydrogen-bond acceptors (Lipinski definition) is 4. The van der Waals surface area contributed by atoms with E-state index in [2.05, 4.69) is 18.7 Å². The molecular weight excluding hydrogens is 380 g/mol. The number of likely N-dealkylation sites (tertiary alicyclic amines) is 1. The third-order valence-corrected chi connectivity index (χ3v) is 7.71. The minimum atomic E-state index is -0.478. The Morgan fingerprint density at radius 2 is 1.63 bits per heavy atom. The van der Waals surface area contributed by atoms with Crippen LogP contribution in [0.25, 0.3) is 0 Å². The second-order valence-corrected chi connectivity index (χ2v) is 9.96. The topological polar surface area (TPSA) is 64.2 Å². The van der Waals surface area contributed by atoms with Crippen LogP contribution in [0.5, 0.6) is 0 Å². The molecule has 0 spiro atoms. The largest absolute Gasteiger partial charge is 0.340 e. The molecule has 7 nitrogen and oxygen atoms in total. The number of carbonyl (C=O) groups is 3. The molecule has 0 bridgehead atoms. The molecule has 1 unspecified atom stereocenters. The Morgan fingerprint density at radius 1 is 0.933 bits per heavy atom. The number of fused-ring (bicyclic) bond motifs is 1. The summed E-state index contributed by atoms with van der Waals surface area (Å²) in [5.41, 5.74) is 0. The zero-order chi connectivity index (χ0) is 21.3. The van der Waals surface area contributed by atoms with E-state index in [-0.39, 0.29) is 23.9 Å². The molecule has 4 amide bonds. The Balaban J connectivity index is 1.36. The first-order chi connectivity index (χ1) is 14.5. The average Bonchev–Trinajstić information content (AvgIpc) is 2.90. The molecule has 0 aromatic rings. The summed E-state index contributed by atoms with van der Waals surface area (Å²) in [6, 6.07) is 0.0261. The fourth-order valence-corrected chi connectivity index (χ4v) is 5.77. The Bertz CT molecular complexity index is 653. The maximum atomic E-state index is 13.2. The quantitative estimate of drug-likeness (QED) is 0.659. The first kappa shape index (κ1) is 21.6. The van der Waals surface area contributed by atoms with E-state index >= 15 is 0 Å². The smallest absolute Gasteiger partial charge is 0.327 e. The predicted molar refractivity (Wildman–Crippen MR) is 115 cm³/mol. The highest BCUT2D eigenvalue weighted by Gasteiger charge is 2.49. The van der Waals surface area contributed by atoms with Gasteiger partial charge < -0.3 is 14.7 Å². The molecule has 4 aliphatic rings. The standard InChI is InChI=1S/C23H38N4O3/c1-17(2)24-13-9-18(10-14-24)15-21(28)25-11-6-12-26-20(16-25)22(29)27(23(26)30)19-7-4-3-5-8-19/h17-20H,3-16H2,1-2H3. The lowest BCUT2D eigenvalue weighted by atomic mass is 9.92. The monoisotopic (exact) mass is 418 g/mol. The lowest BCUT2D eigenvalue weighted by molar-refractivity contribution is -0.135. The minimum absolute atomic E-state index is 0.0565. The van der Waals surface area contributed by atoms with Gasteiger partial charge in [0.2, 0.25) is 5.91 Å². The zero-order valence-corrected chi connectivity index (χ0v) is 18.7. The van der Waals surface area contributed by atoms with Crippen molar-refractivity contribution in [3.8, 4) is 0 Å². The molecule has 0 N–H and O–H groups in total. The third-order valence-electron chi connectivity index (χ3n) is 7.71. The average molecular weight is 419 g/mol. The maximum Gasteiger partial charge on any atom is 0.327 e. The molecule has 4 rings (SSSR count). The third kappa shape index (κ3) is 4.36. The molecule has 1 atom stereocenters. The lowest BCUT2D eigenvalue weighted by Gasteiger charge is -2.35. The van der Waals surface area contributed by atoms with Gasteiger partial charge >= 0.3 is 6.03 Å². The Kier molecular flexibility index (Phi) is 6.66. The van der Waals surface area contributed by atoms with Gasteiger partial charge in [-0.1, -0.05) is 19.3 Å². The predicted octanol–water partition coefficient (Wildman–Crippen LogP) is 2.69. The number of hydrogen-bond donors (Lipinski definition) is 0. The molecule has 3 heterocycles. The van der Waals surface area contributed by atoms with Crippen LogP contribution in [0.2, 0.25) is 0 Å². The summed E-state index contributed by atoms with van der Waals surface area (Å²) < 4.78 is 0. The molecule has 3 saturated heterocycles. The van der Waals surface area contributed by atoms with Crippen LogP contribution < -0.4 is 0 Å². The Labute approximate surface area is 180 Å². The van der Waals surface area contributed by atoms with Crippen LogP contribution in [-0.2, 0) is 9.59 Å². The van der Waals surface area contributed by atoms with E-state index < -0.39 is 6.04 Å². The van der Waals surface area contributed by atoms with Crippen LogP contribution in [0, 0.1) is 5.92 Å². The molecule has 168 valence electrons. The van der Waals surface area contributed by atoms with Gasteiger partial charge in [0.15, 0.2) is 0 Å². The van der Waals surface area contributed by atoms with Crippen molar-refractivity contribution < 1.29 is 14.4 Å². The number of piperidine rings is 1. The van der Waals surface area contributed by atoms with Gasteiger partial charge in [-0.2, -0.15) is 0 Å². The normalized spacial score (nSPS) is 27.7. The lowest BCUT2D eigenvalue weighted by Crippen LogP contribution is -2.46. The number of rotatable bonds is 4. The Morgan fingerprint density at radius 3 is 2.30 bits per heavy atom. The van der Waals surface area contributed by atoms with Gasteiger partial charge in [-0.25, -0.2) is 4.79 Å². The summed E-state index contributed by atoms with van der Waals surface area (Å²) in [5, 5.41) is 0. The van der Waals surface area contributed by atoms with E-state index in [1.165, 1.54) is 6.42 Å². The fraction of sp³-hybridized carbons (Fsp3) is 0.870. The number of nitrogens with zero attached hydrogens (tertiary/aromatic N) is 4. The molecule has 7 heteroatoms. The molecule has 0 aromatic carbocycles. The molecule has 1 saturated carbocycles. The number of carbonyl (C=O) groups excluding carboxylic acids is 3. The van der Waals surface area contributed by atoms with Crippen molar-refractivity contribution >= 4 is 17.8 Å². The van der Waals surface area contributed by atoms with Crippen molar-refractivity contribution in [3.63, 3.8) is 0 Å². The van der Waals surface area contributed by atoms with E-state index in [4.69, 9.17) is 0 Å². The second-order valence-electron chi connectivity index (χ2n) is 9.96. The molecule has 30 heavy (non-hydrogen) atoms. The fourth-order valence-electron chi connectivity index (χ4n) is 5.77. The molecular formula is C23H38N4O3. The van der Waals surface area contributed by atoms with Crippen molar-refractivity contribution in [2.24, 2.45) is 5.92 Å². The summed E-state index contributed by atoms with van der Waals surface area (Å²) in [7, 11) is 0. The van der Waals surface area contributed by atoms with E-state index in [0.29, 0.717) is 38.0 Å². The van der Waals surface area contributed by atoms with E-state index in [1.54, 1.807) is 9.80 Å². The van der Waals surface area contributed by atoms with Gasteiger partial charge in [-0.05, 0) is 65.0 Å². The first-order valence-corrected chi connectivity index (χ1v) is 12.1. The van der Waals surface area contributed by atoms with Crippen LogP contribution >= 0.6 is 0 Å². The summed E-state index contributed by atoms with van der Waals surface area (Å²) in [6.45, 7) is 8.19. The number of urea groups is 1. The van der Waals surface area contributed by atoms with Gasteiger partial charge in [0.25, 0.3) is 5.91 Å². The van der Waals surface area contributed by atoms with Crippen LogP contribution in [0.15, 0.2) is 0 Å². The highest BCUT2D eigenvalue weighted by molar-refractivity contribution is 6.05. The molecule has 0 aromatic heterocycles. The van der Waals surface area contributed by atoms with Gasteiger partial charge in [-0.15, -0.1) is 0 Å². The van der Waals surface area contributed by atoms with Crippen LogP contribution in [0.1, 0.15) is 71.6 Å². The summed E-state index contributed by atoms with van der Waals surface area (Å²) in [4.78, 5) is 46.9. The van der Waals surface area contributed by atoms with Gasteiger partial charge in [-0.3, -0.25) is 14.5 Å². The van der Waals surface area contributed by atoms with Crippen molar-refractivity contribution in [3.05, 3.63) is 0 Å². The molecule has 3 aliphatic heterocycles. The van der Waals surface area contributed by atoms with Crippen molar-refractivity contribution in [2.75, 3.05) is 32.7 Å². The van der Waals surface area contributed by atoms with E-state index in [9.17, 15) is 14.4 Å². The second kappa shape index (κ2) is 9.25. The van der Waals surface area contributed by atoms with Crippen LogP contribution in [-0.4, -0.2) is 88.3 Å². The highest BCUT2D eigenvalue weighted by Crippen LogP contribution is 2.31. The van der Waals surface area contributed by atoms with Crippen molar-refractivity contribution in [1.29, 1.82) is 0 Å². The number of amides is 4. The van der Waals surface area contributed by atoms with Crippen molar-refractivity contribution in [2.45, 2.75) is 89.8 Å². The van der Waals surface area contributed by atoms with E-state index in [1.807, 2.05) is 4.90 Å². The molecule has 0 radical (unpaired) electrons. The summed E-state index contributed by atoms with van der Waals surface area (Å²) >= 11 is 0. The van der Waals surface area contributed by atoms with Crippen LogP contribution in [0.4, 0.5) is 4.79 Å². The van der Waals surface area contributed by atoms with Gasteiger partial charge in [0.1, 0.15) is 6.04 Å². The summed E-state index contributed by atoms with van der Waals surface area (Å²) in [6.07, 6.45) is 8.70.